The highest BCUT2D eigenvalue weighted by molar-refractivity contribution is 7.99. The molecule has 3 aliphatic rings. The average molecular weight is 531 g/mol. The van der Waals surface area contributed by atoms with Gasteiger partial charge in [0.2, 0.25) is 5.91 Å². The van der Waals surface area contributed by atoms with E-state index in [4.69, 9.17) is 23.2 Å². The second-order valence-electron chi connectivity index (χ2n) is 9.03. The van der Waals surface area contributed by atoms with Crippen LogP contribution < -0.4 is 5.32 Å². The van der Waals surface area contributed by atoms with Crippen molar-refractivity contribution in [2.24, 2.45) is 10.3 Å². The first-order valence-electron chi connectivity index (χ1n) is 11.0. The summed E-state index contributed by atoms with van der Waals surface area (Å²) in [7, 11) is 0. The fraction of sp³-hybridized carbons (Fsp3) is 0.417. The van der Waals surface area contributed by atoms with Crippen molar-refractivity contribution >= 4 is 46.8 Å². The van der Waals surface area contributed by atoms with Crippen LogP contribution in [0.2, 0.25) is 10.0 Å². The maximum absolute atomic E-state index is 14.4. The minimum Gasteiger partial charge on any atom is -0.349 e. The number of amides is 1. The Bertz CT molecular complexity index is 1170. The second-order valence-corrected chi connectivity index (χ2v) is 10.9. The molecule has 10 heteroatoms. The number of benzene rings is 2. The van der Waals surface area contributed by atoms with Gasteiger partial charge in [-0.1, -0.05) is 35.3 Å². The molecule has 2 aromatic rings. The van der Waals surface area contributed by atoms with Gasteiger partial charge < -0.3 is 5.32 Å². The molecular formula is C24H20Cl2F4N2OS. The molecule has 0 spiro atoms. The molecule has 0 saturated heterocycles. The van der Waals surface area contributed by atoms with Crippen molar-refractivity contribution in [1.29, 1.82) is 0 Å². The highest BCUT2D eigenvalue weighted by Gasteiger charge is 2.60. The fourth-order valence-corrected chi connectivity index (χ4v) is 6.08. The van der Waals surface area contributed by atoms with Gasteiger partial charge in [-0.2, -0.15) is 13.2 Å². The number of alkyl halides is 3. The summed E-state index contributed by atoms with van der Waals surface area (Å²) >= 11 is 12.0. The predicted molar refractivity (Wildman–Crippen MR) is 126 cm³/mol. The second kappa shape index (κ2) is 8.71. The lowest BCUT2D eigenvalue weighted by molar-refractivity contribution is -0.159. The zero-order valence-electron chi connectivity index (χ0n) is 17.8. The Kier molecular flexibility index (Phi) is 6.14. The van der Waals surface area contributed by atoms with Crippen LogP contribution in [-0.4, -0.2) is 17.8 Å². The standard InChI is InChI=1S/C24H20Cl2F4N2OS/c25-17-9-15(10-18(26)21(17)27)23(24(28,29)30)11-20(32-34-23)14-6-7-16-13(8-14)2-1-3-19(16)31-22(33)12-4-5-12/h6-10,12,19H,1-5,11H2,(H,31,33). The number of halogens is 6. The van der Waals surface area contributed by atoms with Crippen molar-refractivity contribution in [3.63, 3.8) is 0 Å². The van der Waals surface area contributed by atoms with Crippen molar-refractivity contribution in [2.75, 3.05) is 0 Å². The summed E-state index contributed by atoms with van der Waals surface area (Å²) in [4.78, 5) is 12.2. The Morgan fingerprint density at radius 3 is 2.47 bits per heavy atom. The fourth-order valence-electron chi connectivity index (χ4n) is 4.63. The topological polar surface area (TPSA) is 41.5 Å². The largest absolute Gasteiger partial charge is 0.409 e. The lowest BCUT2D eigenvalue weighted by atomic mass is 9.84. The molecule has 1 heterocycles. The molecule has 34 heavy (non-hydrogen) atoms. The Morgan fingerprint density at radius 2 is 1.82 bits per heavy atom. The van der Waals surface area contributed by atoms with Gasteiger partial charge in [0.05, 0.1) is 21.8 Å². The highest BCUT2D eigenvalue weighted by Crippen LogP contribution is 2.57. The highest BCUT2D eigenvalue weighted by atomic mass is 35.5. The normalized spacial score (nSPS) is 24.5. The molecule has 2 aliphatic carbocycles. The molecule has 2 aromatic carbocycles. The first-order chi connectivity index (χ1) is 16.1. The Balaban J connectivity index is 1.43. The quantitative estimate of drug-likeness (QED) is 0.255. The van der Waals surface area contributed by atoms with Gasteiger partial charge in [0.15, 0.2) is 10.6 Å². The zero-order valence-corrected chi connectivity index (χ0v) is 20.1. The molecule has 0 aromatic heterocycles. The smallest absolute Gasteiger partial charge is 0.349 e. The lowest BCUT2D eigenvalue weighted by Gasteiger charge is -2.30. The molecule has 180 valence electrons. The van der Waals surface area contributed by atoms with E-state index < -0.39 is 33.2 Å². The van der Waals surface area contributed by atoms with Gasteiger partial charge >= 0.3 is 6.18 Å². The molecule has 0 bridgehead atoms. The maximum Gasteiger partial charge on any atom is 0.409 e. The van der Waals surface area contributed by atoms with Gasteiger partial charge in [0, 0.05) is 12.3 Å². The van der Waals surface area contributed by atoms with Gasteiger partial charge in [-0.05, 0) is 84.5 Å². The summed E-state index contributed by atoms with van der Waals surface area (Å²) in [5, 5.41) is 2.19. The van der Waals surface area contributed by atoms with E-state index >= 15 is 0 Å². The van der Waals surface area contributed by atoms with Crippen molar-refractivity contribution in [3.8, 4) is 0 Å². The van der Waals surface area contributed by atoms with Crippen LogP contribution in [0.25, 0.3) is 0 Å². The Morgan fingerprint density at radius 1 is 1.12 bits per heavy atom. The van der Waals surface area contributed by atoms with Crippen LogP contribution in [0.1, 0.15) is 60.4 Å². The minimum absolute atomic E-state index is 0.0741. The van der Waals surface area contributed by atoms with Crippen molar-refractivity contribution < 1.29 is 22.4 Å². The maximum atomic E-state index is 14.4. The molecule has 2 unspecified atom stereocenters. The summed E-state index contributed by atoms with van der Waals surface area (Å²) in [5.41, 5.74) is 2.68. The Labute approximate surface area is 208 Å². The molecule has 5 rings (SSSR count). The number of carbonyl (C=O) groups excluding carboxylic acids is 1. The van der Waals surface area contributed by atoms with Crippen LogP contribution in [-0.2, 0) is 16.0 Å². The molecule has 1 N–H and O–H groups in total. The van der Waals surface area contributed by atoms with Gasteiger partial charge in [0.25, 0.3) is 0 Å². The molecule has 1 amide bonds. The number of aryl methyl sites for hydroxylation is 1. The van der Waals surface area contributed by atoms with E-state index in [9.17, 15) is 22.4 Å². The first-order valence-corrected chi connectivity index (χ1v) is 12.5. The number of carbonyl (C=O) groups is 1. The van der Waals surface area contributed by atoms with Crippen LogP contribution in [0, 0.1) is 11.7 Å². The molecule has 1 saturated carbocycles. The third-order valence-electron chi connectivity index (χ3n) is 6.69. The third kappa shape index (κ3) is 4.22. The summed E-state index contributed by atoms with van der Waals surface area (Å²) in [5.74, 6) is -0.768. The summed E-state index contributed by atoms with van der Waals surface area (Å²) in [6.45, 7) is 0. The van der Waals surface area contributed by atoms with E-state index in [1.54, 1.807) is 6.07 Å². The van der Waals surface area contributed by atoms with E-state index in [0.717, 1.165) is 55.4 Å². The van der Waals surface area contributed by atoms with E-state index in [1.807, 2.05) is 12.1 Å². The van der Waals surface area contributed by atoms with Gasteiger partial charge in [-0.25, -0.2) is 8.79 Å². The average Bonchev–Trinajstić information content (AvgIpc) is 3.54. The van der Waals surface area contributed by atoms with Gasteiger partial charge in [-0.3, -0.25) is 4.79 Å². The van der Waals surface area contributed by atoms with Crippen LogP contribution in [0.5, 0.6) is 0 Å². The van der Waals surface area contributed by atoms with Crippen molar-refractivity contribution in [2.45, 2.75) is 55.5 Å². The van der Waals surface area contributed by atoms with Crippen LogP contribution in [0.3, 0.4) is 0 Å². The van der Waals surface area contributed by atoms with E-state index in [1.165, 1.54) is 0 Å². The molecule has 1 fully saturated rings. The Hall–Kier alpha value is -1.77. The van der Waals surface area contributed by atoms with Gasteiger partial charge in [-0.15, -0.1) is 0 Å². The van der Waals surface area contributed by atoms with E-state index in [2.05, 4.69) is 9.71 Å². The summed E-state index contributed by atoms with van der Waals surface area (Å²) in [6, 6.07) is 7.39. The SMILES string of the molecule is O=C(NC1CCCc2cc(C3=NSC(c4cc(Cl)c(F)c(Cl)c4)(C(F)(F)F)C3)ccc21)C1CC1. The minimum atomic E-state index is -4.68. The number of hydrogen-bond donors (Lipinski definition) is 1. The summed E-state index contributed by atoms with van der Waals surface area (Å²) in [6.07, 6.45) is -0.759. The van der Waals surface area contributed by atoms with Crippen molar-refractivity contribution in [1.82, 2.24) is 5.32 Å². The van der Waals surface area contributed by atoms with E-state index in [0.29, 0.717) is 23.2 Å². The number of fused-ring (bicyclic) bond motifs is 1. The number of rotatable bonds is 4. The predicted octanol–water partition coefficient (Wildman–Crippen LogP) is 7.33. The number of hydrogen-bond acceptors (Lipinski definition) is 3. The lowest BCUT2D eigenvalue weighted by Crippen LogP contribution is -2.38. The third-order valence-corrected chi connectivity index (χ3v) is 8.48. The zero-order chi connectivity index (χ0) is 24.3. The van der Waals surface area contributed by atoms with Gasteiger partial charge in [0.1, 0.15) is 0 Å². The van der Waals surface area contributed by atoms with Crippen LogP contribution >= 0.6 is 35.1 Å². The molecule has 2 atom stereocenters. The molecule has 0 radical (unpaired) electrons. The molecular weight excluding hydrogens is 511 g/mol. The van der Waals surface area contributed by atoms with Crippen LogP contribution in [0.4, 0.5) is 17.6 Å². The number of nitrogens with one attached hydrogen (secondary N) is 1. The summed E-state index contributed by atoms with van der Waals surface area (Å²) < 4.78 is 58.7. The van der Waals surface area contributed by atoms with Crippen molar-refractivity contribution in [3.05, 3.63) is 68.4 Å². The van der Waals surface area contributed by atoms with E-state index in [-0.39, 0.29) is 23.4 Å². The first kappa shape index (κ1) is 23.9. The van der Waals surface area contributed by atoms with Crippen LogP contribution in [0.15, 0.2) is 34.7 Å². The molecule has 3 nitrogen and oxygen atoms in total. The monoisotopic (exact) mass is 530 g/mol. The molecule has 1 aliphatic heterocycles. The number of nitrogens with zero attached hydrogens (tertiary/aromatic N) is 1.